The first-order chi connectivity index (χ1) is 32.6. The highest BCUT2D eigenvalue weighted by Crippen LogP contribution is 2.49. The quantitative estimate of drug-likeness (QED) is 0.00989. The van der Waals surface area contributed by atoms with E-state index in [9.17, 15) is 53.8 Å². The van der Waals surface area contributed by atoms with Gasteiger partial charge in [0.15, 0.2) is 6.10 Å². The molecule has 7 unspecified atom stereocenters. The predicted octanol–water partition coefficient (Wildman–Crippen LogP) is 9.05. The Balaban J connectivity index is 1.79. The van der Waals surface area contributed by atoms with Crippen molar-refractivity contribution < 1.29 is 81.6 Å². The van der Waals surface area contributed by atoms with Crippen molar-refractivity contribution in [2.24, 2.45) is 0 Å². The summed E-state index contributed by atoms with van der Waals surface area (Å²) in [5, 5.41) is 41.3. The van der Waals surface area contributed by atoms with Gasteiger partial charge in [0.25, 0.3) is 0 Å². The average Bonchev–Trinajstić information content (AvgIpc) is 4.05. The number of carbonyl (C=O) groups is 2. The van der Waals surface area contributed by atoms with Crippen LogP contribution >= 0.6 is 15.6 Å². The molecular weight excluding hydrogens is 922 g/mol. The zero-order valence-electron chi connectivity index (χ0n) is 40.7. The van der Waals surface area contributed by atoms with Crippen molar-refractivity contribution in [2.45, 2.75) is 236 Å². The number of rotatable bonds is 41. The van der Waals surface area contributed by atoms with Gasteiger partial charge in [0.2, 0.25) is 0 Å². The fourth-order valence-corrected chi connectivity index (χ4v) is 9.29. The molecule has 1 heterocycles. The molecule has 394 valence electrons. The van der Waals surface area contributed by atoms with E-state index in [1.165, 1.54) is 57.8 Å². The number of aliphatic hydroxyl groups is 4. The van der Waals surface area contributed by atoms with Gasteiger partial charge in [-0.1, -0.05) is 146 Å². The fourth-order valence-electron chi connectivity index (χ4n) is 7.75. The van der Waals surface area contributed by atoms with Crippen LogP contribution in [0.4, 0.5) is 0 Å². The van der Waals surface area contributed by atoms with Gasteiger partial charge in [-0.25, -0.2) is 9.13 Å². The molecule has 19 heteroatoms. The lowest BCUT2D eigenvalue weighted by molar-refractivity contribution is -0.216. The molecule has 68 heavy (non-hydrogen) atoms. The van der Waals surface area contributed by atoms with E-state index in [1.54, 1.807) is 0 Å². The highest BCUT2D eigenvalue weighted by atomic mass is 31.2. The molecule has 0 spiro atoms. The standard InChI is InChI=1S/C49H86O17P2/c1-3-5-7-8-9-10-11-12-13-14-15-16-17-22-25-28-32-36-43(51)63-39(38-62-68(59,60)66-49-46(54)44(52)45(53)48(47(49)55)65-67(56,57)58)37-61-42(50)35-31-27-24-21-19-18-20-23-26-30-34-41-40(64-41)33-29-6-4-2/h12-13,18,20-21,24,26,30,39-41,44-49,52-55H,3-11,14-17,19,22-23,25,27-29,31-38H2,1-2H3,(H,59,60)(H2,56,57,58)/b13-12-,20-18-,24-21-,30-26-/t39-,40?,41?,44?,45?,46?,47?,48-,49+/m1/s1. The summed E-state index contributed by atoms with van der Waals surface area (Å²) in [6.07, 6.45) is 28.1. The van der Waals surface area contributed by atoms with E-state index in [0.717, 1.165) is 77.0 Å². The molecule has 0 radical (unpaired) electrons. The third kappa shape index (κ3) is 29.9. The first kappa shape index (κ1) is 62.0. The number of hydrogen-bond acceptors (Lipinski definition) is 14. The Morgan fingerprint density at radius 3 is 1.66 bits per heavy atom. The Morgan fingerprint density at radius 1 is 0.544 bits per heavy atom. The number of hydrogen-bond donors (Lipinski definition) is 7. The van der Waals surface area contributed by atoms with Crippen LogP contribution in [0.2, 0.25) is 0 Å². The number of allylic oxidation sites excluding steroid dienone is 7. The molecule has 10 atom stereocenters. The van der Waals surface area contributed by atoms with Crippen LogP contribution in [0.3, 0.4) is 0 Å². The number of phosphoric acid groups is 2. The number of aliphatic hydroxyl groups excluding tert-OH is 4. The van der Waals surface area contributed by atoms with Crippen LogP contribution in [-0.2, 0) is 46.5 Å². The topological polar surface area (TPSA) is 269 Å². The van der Waals surface area contributed by atoms with Crippen LogP contribution in [0.1, 0.15) is 181 Å². The highest BCUT2D eigenvalue weighted by Gasteiger charge is 2.54. The van der Waals surface area contributed by atoms with Crippen LogP contribution in [0.25, 0.3) is 0 Å². The summed E-state index contributed by atoms with van der Waals surface area (Å²) < 4.78 is 55.1. The molecule has 0 amide bonds. The number of esters is 2. The maximum Gasteiger partial charge on any atom is 0.472 e. The highest BCUT2D eigenvalue weighted by molar-refractivity contribution is 7.47. The van der Waals surface area contributed by atoms with E-state index in [4.69, 9.17) is 23.3 Å². The number of epoxide rings is 1. The zero-order valence-corrected chi connectivity index (χ0v) is 42.5. The largest absolute Gasteiger partial charge is 0.472 e. The number of phosphoric ester groups is 2. The summed E-state index contributed by atoms with van der Waals surface area (Å²) in [4.78, 5) is 54.4. The van der Waals surface area contributed by atoms with Crippen LogP contribution in [-0.4, -0.2) is 115 Å². The minimum absolute atomic E-state index is 0.0243. The molecule has 0 aromatic rings. The average molecular weight is 1010 g/mol. The summed E-state index contributed by atoms with van der Waals surface area (Å²) >= 11 is 0. The second kappa shape index (κ2) is 36.8. The second-order valence-electron chi connectivity index (χ2n) is 17.9. The van der Waals surface area contributed by atoms with Crippen molar-refractivity contribution in [3.63, 3.8) is 0 Å². The fraction of sp³-hybridized carbons (Fsp3) is 0.796. The normalized spacial score (nSPS) is 24.6. The Labute approximate surface area is 405 Å². The second-order valence-corrected chi connectivity index (χ2v) is 20.5. The van der Waals surface area contributed by atoms with Crippen molar-refractivity contribution in [3.05, 3.63) is 48.6 Å². The summed E-state index contributed by atoms with van der Waals surface area (Å²) in [5.41, 5.74) is 0. The molecule has 0 aromatic heterocycles. The van der Waals surface area contributed by atoms with Crippen molar-refractivity contribution in [1.29, 1.82) is 0 Å². The lowest BCUT2D eigenvalue weighted by Gasteiger charge is -2.43. The van der Waals surface area contributed by atoms with Crippen molar-refractivity contribution in [1.82, 2.24) is 0 Å². The van der Waals surface area contributed by atoms with Gasteiger partial charge in [0.05, 0.1) is 18.8 Å². The van der Waals surface area contributed by atoms with Gasteiger partial charge in [-0.2, -0.15) is 0 Å². The van der Waals surface area contributed by atoms with Crippen molar-refractivity contribution in [3.8, 4) is 0 Å². The van der Waals surface area contributed by atoms with Gasteiger partial charge in [0.1, 0.15) is 43.2 Å². The third-order valence-electron chi connectivity index (χ3n) is 11.8. The molecule has 0 aromatic carbocycles. The third-order valence-corrected chi connectivity index (χ3v) is 13.3. The lowest BCUT2D eigenvalue weighted by Crippen LogP contribution is -2.64. The van der Waals surface area contributed by atoms with E-state index >= 15 is 0 Å². The first-order valence-corrected chi connectivity index (χ1v) is 28.3. The molecule has 1 saturated carbocycles. The molecular formula is C49H86O17P2. The maximum atomic E-state index is 13.0. The molecule has 0 bridgehead atoms. The van der Waals surface area contributed by atoms with Crippen molar-refractivity contribution >= 4 is 27.6 Å². The lowest BCUT2D eigenvalue weighted by atomic mass is 9.85. The molecule has 1 aliphatic carbocycles. The van der Waals surface area contributed by atoms with Crippen LogP contribution in [0.5, 0.6) is 0 Å². The maximum absolute atomic E-state index is 13.0. The first-order valence-electron chi connectivity index (χ1n) is 25.3. The van der Waals surface area contributed by atoms with E-state index in [0.29, 0.717) is 31.5 Å². The molecule has 2 fully saturated rings. The molecule has 17 nitrogen and oxygen atoms in total. The summed E-state index contributed by atoms with van der Waals surface area (Å²) in [6.45, 7) is 3.03. The SMILES string of the molecule is CCCCCCCC/C=C\CCCCCCCCCC(=O)O[C@H](COC(=O)CCC/C=C\C/C=C\C/C=C\CC1OC1CCCCC)COP(=O)(O)O[C@H]1C(O)C(O)C(O)[C@@H](OP(=O)(O)O)C1O. The molecule has 2 aliphatic rings. The van der Waals surface area contributed by atoms with Crippen LogP contribution in [0.15, 0.2) is 48.6 Å². The smallest absolute Gasteiger partial charge is 0.462 e. The molecule has 2 rings (SSSR count). The van der Waals surface area contributed by atoms with Gasteiger partial charge >= 0.3 is 27.6 Å². The van der Waals surface area contributed by atoms with Crippen LogP contribution in [0, 0.1) is 0 Å². The van der Waals surface area contributed by atoms with Gasteiger partial charge in [-0.3, -0.25) is 23.2 Å². The Morgan fingerprint density at radius 2 is 1.04 bits per heavy atom. The predicted molar refractivity (Wildman–Crippen MR) is 259 cm³/mol. The summed E-state index contributed by atoms with van der Waals surface area (Å²) in [6, 6.07) is 0. The number of ether oxygens (including phenoxy) is 3. The van der Waals surface area contributed by atoms with Gasteiger partial charge < -0.3 is 49.3 Å². The number of carbonyl (C=O) groups excluding carboxylic acids is 2. The van der Waals surface area contributed by atoms with E-state index in [-0.39, 0.29) is 12.8 Å². The molecule has 7 N–H and O–H groups in total. The van der Waals surface area contributed by atoms with E-state index in [2.05, 4.69) is 54.8 Å². The van der Waals surface area contributed by atoms with Gasteiger partial charge in [0, 0.05) is 12.8 Å². The Bertz CT molecular complexity index is 1570. The van der Waals surface area contributed by atoms with Crippen molar-refractivity contribution in [2.75, 3.05) is 13.2 Å². The van der Waals surface area contributed by atoms with E-state index < -0.39 is 83.5 Å². The van der Waals surface area contributed by atoms with E-state index in [1.807, 2.05) is 12.2 Å². The van der Waals surface area contributed by atoms with Gasteiger partial charge in [-0.05, 0) is 70.6 Å². The summed E-state index contributed by atoms with van der Waals surface area (Å²) in [5.74, 6) is -1.28. The van der Waals surface area contributed by atoms with Gasteiger partial charge in [-0.15, -0.1) is 0 Å². The summed E-state index contributed by atoms with van der Waals surface area (Å²) in [7, 11) is -10.7. The van der Waals surface area contributed by atoms with Crippen LogP contribution < -0.4 is 0 Å². The zero-order chi connectivity index (χ0) is 50.0. The Kier molecular flexibility index (Phi) is 33.6. The minimum Gasteiger partial charge on any atom is -0.462 e. The Hall–Kier alpha value is -2.08. The molecule has 1 aliphatic heterocycles. The minimum atomic E-state index is -5.37. The molecule has 1 saturated heterocycles. The number of unbranched alkanes of at least 4 members (excludes halogenated alkanes) is 16. The monoisotopic (exact) mass is 1010 g/mol.